The second-order valence-corrected chi connectivity index (χ2v) is 21.7. The van der Waals surface area contributed by atoms with Crippen LogP contribution in [-0.2, 0) is 37.0 Å². The van der Waals surface area contributed by atoms with Crippen LogP contribution in [0.1, 0.15) is 250 Å². The molecule has 1 amide bonds. The van der Waals surface area contributed by atoms with Gasteiger partial charge in [0.1, 0.15) is 30.5 Å². The molecule has 0 spiro atoms. The number of aliphatic hydroxyl groups is 4. The Morgan fingerprint density at radius 3 is 1.41 bits per heavy atom. The highest BCUT2D eigenvalue weighted by Gasteiger charge is 2.45. The molecule has 0 aromatic heterocycles. The lowest BCUT2D eigenvalue weighted by Gasteiger charge is -2.41. The number of allylic oxidation sites excluding steroid dienone is 1. The Balaban J connectivity index is 1.55. The van der Waals surface area contributed by atoms with Gasteiger partial charge in [-0.25, -0.2) is 0 Å². The van der Waals surface area contributed by atoms with E-state index in [1.54, 1.807) is 0 Å². The van der Waals surface area contributed by atoms with Gasteiger partial charge in [0.15, 0.2) is 6.29 Å². The van der Waals surface area contributed by atoms with Crippen molar-refractivity contribution in [2.24, 2.45) is 0 Å². The van der Waals surface area contributed by atoms with Crippen LogP contribution in [0.2, 0.25) is 0 Å². The highest BCUT2D eigenvalue weighted by atomic mass is 16.7. The minimum atomic E-state index is -1.60. The molecule has 2 aromatic rings. The highest BCUT2D eigenvalue weighted by molar-refractivity contribution is 5.76. The maximum absolute atomic E-state index is 14.0. The fraction of sp³-hybridized carbons (Fsp3) is 0.766. The molecule has 1 heterocycles. The van der Waals surface area contributed by atoms with Gasteiger partial charge in [0.25, 0.3) is 0 Å². The van der Waals surface area contributed by atoms with Crippen LogP contribution in [-0.4, -0.2) is 88.5 Å². The second kappa shape index (κ2) is 45.4. The van der Waals surface area contributed by atoms with Gasteiger partial charge in [-0.05, 0) is 36.8 Å². The van der Waals surface area contributed by atoms with Gasteiger partial charge in [0.05, 0.1) is 38.6 Å². The Bertz CT molecular complexity index is 1580. The summed E-state index contributed by atoms with van der Waals surface area (Å²) >= 11 is 0. The summed E-state index contributed by atoms with van der Waals surface area (Å²) in [6.45, 7) is 4.40. The van der Waals surface area contributed by atoms with E-state index in [4.69, 9.17) is 18.9 Å². The van der Waals surface area contributed by atoms with Crippen molar-refractivity contribution < 1.29 is 44.2 Å². The van der Waals surface area contributed by atoms with Gasteiger partial charge < -0.3 is 44.7 Å². The SMILES string of the molecule is CCCCCCCCCCCC=CC[C@@H](OCc1ccccc1)[C@@H](OCc1ccccc1)[C@H](CO[C@H]1O[C@H](CO)[C@H](O)[C@H](O)[C@H]1O)NC(=O)CCCCCCCCCCCCCCCCCCCCCCCCC. The van der Waals surface area contributed by atoms with Crippen molar-refractivity contribution in [3.05, 3.63) is 83.9 Å². The van der Waals surface area contributed by atoms with E-state index in [0.717, 1.165) is 43.2 Å². The number of carbonyl (C=O) groups excluding carboxylic acids is 1. The second-order valence-electron chi connectivity index (χ2n) is 21.7. The predicted molar refractivity (Wildman–Crippen MR) is 304 cm³/mol. The Morgan fingerprint density at radius 1 is 0.541 bits per heavy atom. The number of amides is 1. The fourth-order valence-electron chi connectivity index (χ4n) is 10.2. The van der Waals surface area contributed by atoms with Crippen LogP contribution in [0.25, 0.3) is 0 Å². The lowest BCUT2D eigenvalue weighted by molar-refractivity contribution is -0.303. The average Bonchev–Trinajstić information content (AvgIpc) is 3.42. The molecule has 10 nitrogen and oxygen atoms in total. The zero-order valence-corrected chi connectivity index (χ0v) is 47.0. The van der Waals surface area contributed by atoms with E-state index in [-0.39, 0.29) is 19.1 Å². The van der Waals surface area contributed by atoms with Crippen LogP contribution in [0.3, 0.4) is 0 Å². The standard InChI is InChI=1S/C64H109NO9/c1-3-5-7-9-11-13-15-17-18-19-20-21-22-23-24-25-26-27-29-31-33-35-43-49-59(67)65-56(53-73-64-62(70)61(69)60(68)58(50-66)74-64)63(72-52-55-46-40-37-41-47-55)57(71-51-54-44-38-36-39-45-54)48-42-34-32-30-28-16-14-12-10-8-6-4-2/h34,36-42,44-47,56-58,60-64,66,68-70H,3-33,35,43,48-53H2,1-2H3,(H,65,67)/t56-,57+,58+,60-,61-,62+,63-,64-/m0/s1. The summed E-state index contributed by atoms with van der Waals surface area (Å²) in [7, 11) is 0. The molecule has 8 atom stereocenters. The molecule has 3 rings (SSSR count). The smallest absolute Gasteiger partial charge is 0.220 e. The summed E-state index contributed by atoms with van der Waals surface area (Å²) in [5, 5.41) is 45.2. The number of benzene rings is 2. The Labute approximate surface area is 451 Å². The zero-order valence-electron chi connectivity index (χ0n) is 47.0. The monoisotopic (exact) mass is 1040 g/mol. The van der Waals surface area contributed by atoms with Crippen molar-refractivity contribution in [3.8, 4) is 0 Å². The average molecular weight is 1040 g/mol. The van der Waals surface area contributed by atoms with Crippen LogP contribution in [0.5, 0.6) is 0 Å². The first-order chi connectivity index (χ1) is 36.4. The predicted octanol–water partition coefficient (Wildman–Crippen LogP) is 14.7. The lowest BCUT2D eigenvalue weighted by atomic mass is 9.99. The molecule has 10 heteroatoms. The van der Waals surface area contributed by atoms with Crippen molar-refractivity contribution in [1.82, 2.24) is 5.32 Å². The van der Waals surface area contributed by atoms with Crippen LogP contribution >= 0.6 is 0 Å². The minimum Gasteiger partial charge on any atom is -0.394 e. The van der Waals surface area contributed by atoms with Gasteiger partial charge in [-0.1, -0.05) is 279 Å². The number of carbonyl (C=O) groups is 1. The molecule has 0 aliphatic carbocycles. The van der Waals surface area contributed by atoms with Crippen LogP contribution in [0, 0.1) is 0 Å². The van der Waals surface area contributed by atoms with Crippen LogP contribution in [0.15, 0.2) is 72.8 Å². The van der Waals surface area contributed by atoms with Crippen molar-refractivity contribution >= 4 is 5.91 Å². The van der Waals surface area contributed by atoms with E-state index in [0.29, 0.717) is 19.4 Å². The molecule has 0 bridgehead atoms. The van der Waals surface area contributed by atoms with Crippen molar-refractivity contribution in [2.45, 2.75) is 301 Å². The molecule has 0 radical (unpaired) electrons. The minimum absolute atomic E-state index is 0.132. The third-order valence-electron chi connectivity index (χ3n) is 15.0. The molecular formula is C64H109NO9. The van der Waals surface area contributed by atoms with Crippen LogP contribution < -0.4 is 5.32 Å². The molecule has 1 aliphatic heterocycles. The molecule has 424 valence electrons. The third-order valence-corrected chi connectivity index (χ3v) is 15.0. The summed E-state index contributed by atoms with van der Waals surface area (Å²) in [5.41, 5.74) is 1.97. The number of hydrogen-bond donors (Lipinski definition) is 5. The van der Waals surface area contributed by atoms with Gasteiger partial charge in [-0.15, -0.1) is 0 Å². The number of unbranched alkanes of at least 4 members (excludes halogenated alkanes) is 31. The molecule has 0 unspecified atom stereocenters. The van der Waals surface area contributed by atoms with Gasteiger partial charge >= 0.3 is 0 Å². The van der Waals surface area contributed by atoms with E-state index in [2.05, 4.69) is 31.3 Å². The van der Waals surface area contributed by atoms with Crippen molar-refractivity contribution in [2.75, 3.05) is 13.2 Å². The summed E-state index contributed by atoms with van der Waals surface area (Å²) in [6.07, 6.45) is 39.5. The summed E-state index contributed by atoms with van der Waals surface area (Å²) in [5.74, 6) is -0.132. The largest absolute Gasteiger partial charge is 0.394 e. The normalized spacial score (nSPS) is 19.2. The quantitative estimate of drug-likeness (QED) is 0.0323. The molecule has 0 saturated carbocycles. The molecule has 2 aromatic carbocycles. The molecule has 5 N–H and O–H groups in total. The Kier molecular flexibility index (Phi) is 40.2. The fourth-order valence-corrected chi connectivity index (χ4v) is 10.2. The zero-order chi connectivity index (χ0) is 52.9. The molecule has 1 saturated heterocycles. The van der Waals surface area contributed by atoms with E-state index >= 15 is 0 Å². The number of hydrogen-bond acceptors (Lipinski definition) is 9. The van der Waals surface area contributed by atoms with Gasteiger partial charge in [-0.2, -0.15) is 0 Å². The van der Waals surface area contributed by atoms with E-state index < -0.39 is 55.6 Å². The number of nitrogens with one attached hydrogen (secondary N) is 1. The topological polar surface area (TPSA) is 147 Å². The van der Waals surface area contributed by atoms with Crippen molar-refractivity contribution in [3.63, 3.8) is 0 Å². The van der Waals surface area contributed by atoms with E-state index in [9.17, 15) is 25.2 Å². The number of ether oxygens (including phenoxy) is 4. The summed E-state index contributed by atoms with van der Waals surface area (Å²) in [4.78, 5) is 14.0. The maximum atomic E-state index is 14.0. The first-order valence-electron chi connectivity index (χ1n) is 30.5. The van der Waals surface area contributed by atoms with Gasteiger partial charge in [0.2, 0.25) is 5.91 Å². The first kappa shape index (κ1) is 65.6. The first-order valence-corrected chi connectivity index (χ1v) is 30.5. The summed E-state index contributed by atoms with van der Waals surface area (Å²) < 4.78 is 25.5. The Hall–Kier alpha value is -2.67. The van der Waals surface area contributed by atoms with Crippen LogP contribution in [0.4, 0.5) is 0 Å². The molecular weight excluding hydrogens is 927 g/mol. The van der Waals surface area contributed by atoms with Crippen molar-refractivity contribution in [1.29, 1.82) is 0 Å². The molecule has 74 heavy (non-hydrogen) atoms. The van der Waals surface area contributed by atoms with Gasteiger partial charge in [-0.3, -0.25) is 4.79 Å². The van der Waals surface area contributed by atoms with E-state index in [1.165, 1.54) is 180 Å². The molecule has 1 fully saturated rings. The highest BCUT2D eigenvalue weighted by Crippen LogP contribution is 2.25. The maximum Gasteiger partial charge on any atom is 0.220 e. The lowest BCUT2D eigenvalue weighted by Crippen LogP contribution is -2.60. The summed E-state index contributed by atoms with van der Waals surface area (Å²) in [6, 6.07) is 19.2. The molecule has 1 aliphatic rings. The Morgan fingerprint density at radius 2 is 0.959 bits per heavy atom. The third kappa shape index (κ3) is 31.5. The van der Waals surface area contributed by atoms with Gasteiger partial charge in [0, 0.05) is 6.42 Å². The number of rotatable bonds is 49. The number of aliphatic hydroxyl groups excluding tert-OH is 4. The van der Waals surface area contributed by atoms with E-state index in [1.807, 2.05) is 60.7 Å².